The Labute approximate surface area is 105 Å². The van der Waals surface area contributed by atoms with E-state index >= 15 is 0 Å². The van der Waals surface area contributed by atoms with Gasteiger partial charge >= 0.3 is 0 Å². The lowest BCUT2D eigenvalue weighted by atomic mass is 10.1. The fourth-order valence-electron chi connectivity index (χ4n) is 1.63. The van der Waals surface area contributed by atoms with Crippen molar-refractivity contribution in [1.82, 2.24) is 4.98 Å². The van der Waals surface area contributed by atoms with Crippen LogP contribution in [0, 0.1) is 17.1 Å². The summed E-state index contributed by atoms with van der Waals surface area (Å²) in [7, 11) is 0. The van der Waals surface area contributed by atoms with Gasteiger partial charge in [0.05, 0.1) is 0 Å². The van der Waals surface area contributed by atoms with E-state index < -0.39 is 0 Å². The first-order valence-corrected chi connectivity index (χ1v) is 5.58. The first-order chi connectivity index (χ1) is 8.69. The van der Waals surface area contributed by atoms with Crippen LogP contribution < -0.4 is 5.32 Å². The largest absolute Gasteiger partial charge is 0.364 e. The van der Waals surface area contributed by atoms with E-state index in [-0.39, 0.29) is 11.9 Å². The number of hydrogen-bond donors (Lipinski definition) is 1. The zero-order valence-electron chi connectivity index (χ0n) is 9.89. The number of rotatable bonds is 3. The summed E-state index contributed by atoms with van der Waals surface area (Å²) in [6.45, 7) is 1.95. The third-order valence-corrected chi connectivity index (χ3v) is 2.60. The second kappa shape index (κ2) is 5.28. The van der Waals surface area contributed by atoms with Crippen LogP contribution in [0.15, 0.2) is 42.5 Å². The molecule has 0 aliphatic rings. The molecule has 0 bridgehead atoms. The van der Waals surface area contributed by atoms with Crippen molar-refractivity contribution >= 4 is 5.82 Å². The summed E-state index contributed by atoms with van der Waals surface area (Å²) in [6, 6.07) is 13.5. The van der Waals surface area contributed by atoms with E-state index in [0.717, 1.165) is 5.56 Å². The number of hydrogen-bond acceptors (Lipinski definition) is 3. The molecule has 0 saturated heterocycles. The van der Waals surface area contributed by atoms with Crippen LogP contribution >= 0.6 is 0 Å². The van der Waals surface area contributed by atoms with E-state index in [1.165, 1.54) is 12.1 Å². The van der Waals surface area contributed by atoms with Gasteiger partial charge in [-0.1, -0.05) is 18.2 Å². The predicted octanol–water partition coefficient (Wildman–Crippen LogP) is 3.27. The minimum absolute atomic E-state index is 0.00737. The zero-order chi connectivity index (χ0) is 13.0. The SMILES string of the molecule is CC(Nc1cccc(C#N)n1)c1ccc(F)cc1. The average molecular weight is 241 g/mol. The molecule has 1 heterocycles. The molecule has 0 spiro atoms. The Morgan fingerprint density at radius 3 is 2.61 bits per heavy atom. The van der Waals surface area contributed by atoms with Crippen molar-refractivity contribution in [3.05, 3.63) is 59.5 Å². The van der Waals surface area contributed by atoms with Crippen LogP contribution in [-0.4, -0.2) is 4.98 Å². The first kappa shape index (κ1) is 12.1. The van der Waals surface area contributed by atoms with E-state index in [1.54, 1.807) is 30.3 Å². The highest BCUT2D eigenvalue weighted by Gasteiger charge is 2.06. The van der Waals surface area contributed by atoms with Crippen molar-refractivity contribution in [2.24, 2.45) is 0 Å². The second-order valence-electron chi connectivity index (χ2n) is 3.94. The van der Waals surface area contributed by atoms with Crippen LogP contribution in [-0.2, 0) is 0 Å². The van der Waals surface area contributed by atoms with Crippen LogP contribution in [0.25, 0.3) is 0 Å². The van der Waals surface area contributed by atoms with Crippen LogP contribution in [0.1, 0.15) is 24.2 Å². The fourth-order valence-corrected chi connectivity index (χ4v) is 1.63. The summed E-state index contributed by atoms with van der Waals surface area (Å²) in [4.78, 5) is 4.13. The van der Waals surface area contributed by atoms with Gasteiger partial charge in [-0.25, -0.2) is 9.37 Å². The summed E-state index contributed by atoms with van der Waals surface area (Å²) >= 11 is 0. The molecule has 1 atom stereocenters. The molecule has 1 aromatic heterocycles. The highest BCUT2D eigenvalue weighted by Crippen LogP contribution is 2.18. The van der Waals surface area contributed by atoms with Gasteiger partial charge in [-0.15, -0.1) is 0 Å². The lowest BCUT2D eigenvalue weighted by Crippen LogP contribution is -2.08. The monoisotopic (exact) mass is 241 g/mol. The lowest BCUT2D eigenvalue weighted by Gasteiger charge is -2.14. The normalized spacial score (nSPS) is 11.6. The van der Waals surface area contributed by atoms with Gasteiger partial charge in [0.2, 0.25) is 0 Å². The molecular weight excluding hydrogens is 229 g/mol. The van der Waals surface area contributed by atoms with E-state index in [2.05, 4.69) is 10.3 Å². The molecule has 1 aromatic carbocycles. The van der Waals surface area contributed by atoms with Gasteiger partial charge in [0, 0.05) is 6.04 Å². The van der Waals surface area contributed by atoms with Gasteiger partial charge in [0.1, 0.15) is 23.4 Å². The summed E-state index contributed by atoms with van der Waals surface area (Å²) in [5.41, 5.74) is 1.33. The molecule has 18 heavy (non-hydrogen) atoms. The van der Waals surface area contributed by atoms with Crippen molar-refractivity contribution in [2.45, 2.75) is 13.0 Å². The van der Waals surface area contributed by atoms with Gasteiger partial charge in [0.25, 0.3) is 0 Å². The highest BCUT2D eigenvalue weighted by atomic mass is 19.1. The number of pyridine rings is 1. The minimum Gasteiger partial charge on any atom is -0.364 e. The molecule has 90 valence electrons. The number of nitriles is 1. The Kier molecular flexibility index (Phi) is 3.54. The molecule has 0 saturated carbocycles. The Bertz CT molecular complexity index is 572. The number of anilines is 1. The third kappa shape index (κ3) is 2.83. The molecule has 0 fully saturated rings. The topological polar surface area (TPSA) is 48.7 Å². The van der Waals surface area contributed by atoms with Crippen molar-refractivity contribution in [3.63, 3.8) is 0 Å². The first-order valence-electron chi connectivity index (χ1n) is 5.58. The van der Waals surface area contributed by atoms with Crippen molar-refractivity contribution in [3.8, 4) is 6.07 Å². The Hall–Kier alpha value is -2.41. The maximum absolute atomic E-state index is 12.8. The molecule has 4 heteroatoms. The summed E-state index contributed by atoms with van der Waals surface area (Å²) in [6.07, 6.45) is 0. The van der Waals surface area contributed by atoms with E-state index in [1.807, 2.05) is 13.0 Å². The molecule has 1 unspecified atom stereocenters. The third-order valence-electron chi connectivity index (χ3n) is 2.60. The Balaban J connectivity index is 2.13. The molecule has 2 rings (SSSR count). The van der Waals surface area contributed by atoms with Gasteiger partial charge < -0.3 is 5.32 Å². The fraction of sp³-hybridized carbons (Fsp3) is 0.143. The van der Waals surface area contributed by atoms with Crippen molar-refractivity contribution in [2.75, 3.05) is 5.32 Å². The van der Waals surface area contributed by atoms with Crippen molar-refractivity contribution < 1.29 is 4.39 Å². The van der Waals surface area contributed by atoms with E-state index in [0.29, 0.717) is 11.5 Å². The van der Waals surface area contributed by atoms with Crippen LogP contribution in [0.4, 0.5) is 10.2 Å². The number of nitrogens with one attached hydrogen (secondary N) is 1. The summed E-state index contributed by atoms with van der Waals surface area (Å²) in [5.74, 6) is 0.376. The predicted molar refractivity (Wildman–Crippen MR) is 67.4 cm³/mol. The molecular formula is C14H12FN3. The minimum atomic E-state index is -0.254. The molecule has 0 radical (unpaired) electrons. The quantitative estimate of drug-likeness (QED) is 0.897. The highest BCUT2D eigenvalue weighted by molar-refractivity contribution is 5.41. The average Bonchev–Trinajstić information content (AvgIpc) is 2.39. The molecule has 0 aliphatic heterocycles. The molecule has 0 amide bonds. The maximum atomic E-state index is 12.8. The molecule has 0 aliphatic carbocycles. The Morgan fingerprint density at radius 1 is 1.22 bits per heavy atom. The second-order valence-corrected chi connectivity index (χ2v) is 3.94. The number of aromatic nitrogens is 1. The number of benzene rings is 1. The van der Waals surface area contributed by atoms with E-state index in [4.69, 9.17) is 5.26 Å². The standard InChI is InChI=1S/C14H12FN3/c1-10(11-5-7-12(15)8-6-11)17-14-4-2-3-13(9-16)18-14/h2-8,10H,1H3,(H,17,18). The van der Waals surface area contributed by atoms with Gasteiger partial charge in [-0.05, 0) is 36.8 Å². The number of nitrogens with zero attached hydrogens (tertiary/aromatic N) is 2. The zero-order valence-corrected chi connectivity index (χ0v) is 9.89. The van der Waals surface area contributed by atoms with E-state index in [9.17, 15) is 4.39 Å². The molecule has 1 N–H and O–H groups in total. The van der Waals surface area contributed by atoms with Gasteiger partial charge in [-0.3, -0.25) is 0 Å². The van der Waals surface area contributed by atoms with Gasteiger partial charge in [0.15, 0.2) is 0 Å². The summed E-state index contributed by atoms with van der Waals surface area (Å²) < 4.78 is 12.8. The molecule has 3 nitrogen and oxygen atoms in total. The van der Waals surface area contributed by atoms with Crippen molar-refractivity contribution in [1.29, 1.82) is 5.26 Å². The number of halogens is 1. The van der Waals surface area contributed by atoms with Crippen LogP contribution in [0.3, 0.4) is 0 Å². The smallest absolute Gasteiger partial charge is 0.142 e. The summed E-state index contributed by atoms with van der Waals surface area (Å²) in [5, 5.41) is 11.9. The van der Waals surface area contributed by atoms with Gasteiger partial charge in [-0.2, -0.15) is 5.26 Å². The maximum Gasteiger partial charge on any atom is 0.142 e. The van der Waals surface area contributed by atoms with Crippen LogP contribution in [0.5, 0.6) is 0 Å². The Morgan fingerprint density at radius 2 is 1.94 bits per heavy atom. The molecule has 2 aromatic rings. The lowest BCUT2D eigenvalue weighted by molar-refractivity contribution is 0.626. The van der Waals surface area contributed by atoms with Crippen LogP contribution in [0.2, 0.25) is 0 Å².